The van der Waals surface area contributed by atoms with Crippen LogP contribution in [0.1, 0.15) is 98.8 Å². The molecule has 4 aliphatic rings. The number of hydrogen-bond donors (Lipinski definition) is 1. The molecule has 0 aliphatic heterocycles. The van der Waals surface area contributed by atoms with Crippen molar-refractivity contribution in [2.75, 3.05) is 13.6 Å². The molecule has 0 aromatic carbocycles. The Morgan fingerprint density at radius 2 is 1.46 bits per heavy atom. The standard InChI is InChI=1S/C25H45N/c1-18(17-26-6)22(2)14-12-21-20-11-10-19-9-7-8-13-23(19,3)25(20,5)16-15-24(21,22)4/h18-21,26H,7-17H2,1-6H3/t18-,19+,20+,21?,22-,23+,24+,25+/m1/s1. The van der Waals surface area contributed by atoms with E-state index in [-0.39, 0.29) is 0 Å². The molecule has 1 unspecified atom stereocenters. The van der Waals surface area contributed by atoms with Crippen molar-refractivity contribution in [1.82, 2.24) is 5.32 Å². The lowest BCUT2D eigenvalue weighted by Gasteiger charge is -2.67. The first-order valence-corrected chi connectivity index (χ1v) is 11.9. The van der Waals surface area contributed by atoms with Crippen LogP contribution in [0.2, 0.25) is 0 Å². The van der Waals surface area contributed by atoms with E-state index >= 15 is 0 Å². The molecule has 0 heterocycles. The van der Waals surface area contributed by atoms with Gasteiger partial charge in [0.2, 0.25) is 0 Å². The van der Waals surface area contributed by atoms with Gasteiger partial charge in [0.25, 0.3) is 0 Å². The summed E-state index contributed by atoms with van der Waals surface area (Å²) in [6.07, 6.45) is 15.1. The summed E-state index contributed by atoms with van der Waals surface area (Å²) in [5.41, 5.74) is 2.32. The first kappa shape index (κ1) is 19.3. The fraction of sp³-hybridized carbons (Fsp3) is 1.00. The van der Waals surface area contributed by atoms with Crippen molar-refractivity contribution < 1.29 is 0 Å². The molecule has 0 spiro atoms. The van der Waals surface area contributed by atoms with Gasteiger partial charge in [-0.3, -0.25) is 0 Å². The van der Waals surface area contributed by atoms with Crippen LogP contribution in [-0.2, 0) is 0 Å². The van der Waals surface area contributed by atoms with Crippen LogP contribution < -0.4 is 5.32 Å². The molecule has 8 atom stereocenters. The van der Waals surface area contributed by atoms with E-state index in [1.807, 2.05) is 0 Å². The second kappa shape index (κ2) is 6.23. The van der Waals surface area contributed by atoms with Gasteiger partial charge in [0.15, 0.2) is 0 Å². The average molecular weight is 360 g/mol. The minimum atomic E-state index is 0.520. The topological polar surface area (TPSA) is 12.0 Å². The lowest BCUT2D eigenvalue weighted by molar-refractivity contribution is -0.185. The third-order valence-electron chi connectivity index (χ3n) is 11.7. The van der Waals surface area contributed by atoms with E-state index in [9.17, 15) is 0 Å². The minimum absolute atomic E-state index is 0.520. The van der Waals surface area contributed by atoms with Crippen molar-refractivity contribution >= 4 is 0 Å². The van der Waals surface area contributed by atoms with Crippen LogP contribution in [0.4, 0.5) is 0 Å². The van der Waals surface area contributed by atoms with Crippen molar-refractivity contribution in [2.24, 2.45) is 45.3 Å². The highest BCUT2D eigenvalue weighted by Gasteiger charge is 2.67. The Kier molecular flexibility index (Phi) is 4.62. The van der Waals surface area contributed by atoms with E-state index in [0.29, 0.717) is 21.7 Å². The summed E-state index contributed by atoms with van der Waals surface area (Å²) < 4.78 is 0. The van der Waals surface area contributed by atoms with Crippen LogP contribution in [0.3, 0.4) is 0 Å². The summed E-state index contributed by atoms with van der Waals surface area (Å²) in [6.45, 7) is 14.6. The van der Waals surface area contributed by atoms with E-state index < -0.39 is 0 Å². The van der Waals surface area contributed by atoms with Gasteiger partial charge in [-0.15, -0.1) is 0 Å². The van der Waals surface area contributed by atoms with Crippen LogP contribution >= 0.6 is 0 Å². The molecular weight excluding hydrogens is 314 g/mol. The van der Waals surface area contributed by atoms with Gasteiger partial charge in [-0.1, -0.05) is 47.5 Å². The fourth-order valence-electron chi connectivity index (χ4n) is 9.32. The molecule has 0 amide bonds. The maximum atomic E-state index is 3.49. The maximum absolute atomic E-state index is 3.49. The first-order valence-electron chi connectivity index (χ1n) is 11.9. The van der Waals surface area contributed by atoms with E-state index in [2.05, 4.69) is 47.0 Å². The molecule has 26 heavy (non-hydrogen) atoms. The van der Waals surface area contributed by atoms with Crippen molar-refractivity contribution in [3.05, 3.63) is 0 Å². The summed E-state index contributed by atoms with van der Waals surface area (Å²) in [5, 5.41) is 3.49. The van der Waals surface area contributed by atoms with E-state index in [4.69, 9.17) is 0 Å². The van der Waals surface area contributed by atoms with Gasteiger partial charge in [0.05, 0.1) is 0 Å². The molecule has 1 nitrogen and oxygen atoms in total. The summed E-state index contributed by atoms with van der Waals surface area (Å²) in [5.74, 6) is 3.78. The second-order valence-corrected chi connectivity index (χ2v) is 11.9. The molecule has 1 heteroatoms. The molecule has 150 valence electrons. The maximum Gasteiger partial charge on any atom is -0.00207 e. The van der Waals surface area contributed by atoms with E-state index in [1.54, 1.807) is 0 Å². The number of hydrogen-bond acceptors (Lipinski definition) is 1. The van der Waals surface area contributed by atoms with Crippen molar-refractivity contribution in [1.29, 1.82) is 0 Å². The van der Waals surface area contributed by atoms with Crippen LogP contribution in [-0.4, -0.2) is 13.6 Å². The Bertz CT molecular complexity index is 542. The summed E-state index contributed by atoms with van der Waals surface area (Å²) in [6, 6.07) is 0. The highest BCUT2D eigenvalue weighted by atomic mass is 14.8. The fourth-order valence-corrected chi connectivity index (χ4v) is 9.32. The highest BCUT2D eigenvalue weighted by molar-refractivity contribution is 5.16. The van der Waals surface area contributed by atoms with Gasteiger partial charge in [-0.2, -0.15) is 0 Å². The average Bonchev–Trinajstić information content (AvgIpc) is 2.88. The molecule has 4 aliphatic carbocycles. The Hall–Kier alpha value is -0.0400. The van der Waals surface area contributed by atoms with Crippen LogP contribution in [0.5, 0.6) is 0 Å². The van der Waals surface area contributed by atoms with Gasteiger partial charge in [0, 0.05) is 0 Å². The van der Waals surface area contributed by atoms with Gasteiger partial charge in [0.1, 0.15) is 0 Å². The van der Waals surface area contributed by atoms with Gasteiger partial charge < -0.3 is 5.32 Å². The monoisotopic (exact) mass is 359 g/mol. The zero-order valence-corrected chi connectivity index (χ0v) is 18.6. The number of nitrogens with one attached hydrogen (secondary N) is 1. The third-order valence-corrected chi connectivity index (χ3v) is 11.7. The Labute approximate surface area is 163 Å². The minimum Gasteiger partial charge on any atom is -0.319 e. The third kappa shape index (κ3) is 2.25. The molecule has 0 aromatic rings. The molecule has 4 rings (SSSR count). The van der Waals surface area contributed by atoms with Crippen molar-refractivity contribution in [3.63, 3.8) is 0 Å². The second-order valence-electron chi connectivity index (χ2n) is 11.9. The Morgan fingerprint density at radius 3 is 2.19 bits per heavy atom. The molecule has 1 N–H and O–H groups in total. The quantitative estimate of drug-likeness (QED) is 0.593. The lowest BCUT2D eigenvalue weighted by atomic mass is 9.37. The highest BCUT2D eigenvalue weighted by Crippen LogP contribution is 2.75. The van der Waals surface area contributed by atoms with Crippen molar-refractivity contribution in [3.8, 4) is 0 Å². The predicted octanol–water partition coefficient (Wildman–Crippen LogP) is 6.67. The summed E-state index contributed by atoms with van der Waals surface area (Å²) in [7, 11) is 2.14. The van der Waals surface area contributed by atoms with Crippen molar-refractivity contribution in [2.45, 2.75) is 98.8 Å². The summed E-state index contributed by atoms with van der Waals surface area (Å²) in [4.78, 5) is 0. The van der Waals surface area contributed by atoms with Crippen LogP contribution in [0, 0.1) is 45.3 Å². The zero-order chi connectivity index (χ0) is 18.8. The molecule has 4 saturated carbocycles. The lowest BCUT2D eigenvalue weighted by Crippen LogP contribution is -2.60. The predicted molar refractivity (Wildman–Crippen MR) is 112 cm³/mol. The molecule has 4 fully saturated rings. The normalized spacial score (nSPS) is 54.9. The largest absolute Gasteiger partial charge is 0.319 e. The molecule has 0 saturated heterocycles. The molecule has 0 aromatic heterocycles. The SMILES string of the molecule is CNC[C@@H](C)[C@@]1(C)CCC2[C@@H]3CC[C@@H]4CCCC[C@]4(C)[C@@]3(C)CC[C@@]21C. The summed E-state index contributed by atoms with van der Waals surface area (Å²) >= 11 is 0. The van der Waals surface area contributed by atoms with Gasteiger partial charge in [-0.05, 0) is 110 Å². The van der Waals surface area contributed by atoms with Crippen LogP contribution in [0.15, 0.2) is 0 Å². The zero-order valence-electron chi connectivity index (χ0n) is 18.6. The molecular formula is C25H45N. The number of fused-ring (bicyclic) bond motifs is 5. The molecule has 0 bridgehead atoms. The van der Waals surface area contributed by atoms with Gasteiger partial charge >= 0.3 is 0 Å². The van der Waals surface area contributed by atoms with E-state index in [1.165, 1.54) is 70.8 Å². The van der Waals surface area contributed by atoms with E-state index in [0.717, 1.165) is 23.7 Å². The first-order chi connectivity index (χ1) is 12.2. The Balaban J connectivity index is 1.67. The Morgan fingerprint density at radius 1 is 0.769 bits per heavy atom. The smallest absolute Gasteiger partial charge is 0.00207 e. The molecule has 0 radical (unpaired) electrons. The van der Waals surface area contributed by atoms with Crippen LogP contribution in [0.25, 0.3) is 0 Å². The van der Waals surface area contributed by atoms with Gasteiger partial charge in [-0.25, -0.2) is 0 Å². The number of rotatable bonds is 3.